The van der Waals surface area contributed by atoms with Gasteiger partial charge in [-0.05, 0) is 53.6 Å². The minimum absolute atomic E-state index is 0.411. The number of rotatable bonds is 4. The Balaban J connectivity index is 1.73. The van der Waals surface area contributed by atoms with Gasteiger partial charge in [0, 0.05) is 5.69 Å². The Bertz CT molecular complexity index is 914. The monoisotopic (exact) mass is 373 g/mol. The SMILES string of the molecule is FC(F)(F)c1cccc(NC2(c3nnnn3-c3ccccc3)CCCC2)c1. The highest BCUT2D eigenvalue weighted by Gasteiger charge is 2.41. The Morgan fingerprint density at radius 2 is 1.70 bits per heavy atom. The van der Waals surface area contributed by atoms with Gasteiger partial charge >= 0.3 is 6.18 Å². The maximum atomic E-state index is 13.1. The summed E-state index contributed by atoms with van der Waals surface area (Å²) >= 11 is 0. The molecule has 1 aliphatic rings. The van der Waals surface area contributed by atoms with E-state index < -0.39 is 17.3 Å². The van der Waals surface area contributed by atoms with E-state index in [1.807, 2.05) is 30.3 Å². The topological polar surface area (TPSA) is 55.6 Å². The van der Waals surface area contributed by atoms with Crippen molar-refractivity contribution in [3.63, 3.8) is 0 Å². The van der Waals surface area contributed by atoms with Crippen LogP contribution in [0.4, 0.5) is 18.9 Å². The van der Waals surface area contributed by atoms with E-state index in [0.29, 0.717) is 11.5 Å². The largest absolute Gasteiger partial charge is 0.416 e. The zero-order chi connectivity index (χ0) is 18.9. The minimum atomic E-state index is -4.38. The van der Waals surface area contributed by atoms with Crippen molar-refractivity contribution >= 4 is 5.69 Å². The van der Waals surface area contributed by atoms with Gasteiger partial charge in [0.25, 0.3) is 0 Å². The second-order valence-electron chi connectivity index (χ2n) is 6.74. The average Bonchev–Trinajstić information content (AvgIpc) is 3.32. The number of para-hydroxylation sites is 1. The van der Waals surface area contributed by atoms with Crippen molar-refractivity contribution in [2.24, 2.45) is 0 Å². The van der Waals surface area contributed by atoms with Crippen LogP contribution >= 0.6 is 0 Å². The van der Waals surface area contributed by atoms with Crippen LogP contribution in [-0.2, 0) is 11.7 Å². The molecule has 0 saturated heterocycles. The smallest absolute Gasteiger partial charge is 0.373 e. The number of anilines is 1. The summed E-state index contributed by atoms with van der Waals surface area (Å²) in [5.74, 6) is 0.614. The van der Waals surface area contributed by atoms with Crippen LogP contribution in [0.15, 0.2) is 54.6 Å². The first-order valence-electron chi connectivity index (χ1n) is 8.78. The lowest BCUT2D eigenvalue weighted by atomic mass is 9.95. The van der Waals surface area contributed by atoms with Crippen molar-refractivity contribution in [2.75, 3.05) is 5.32 Å². The molecule has 1 N–H and O–H groups in total. The maximum absolute atomic E-state index is 13.1. The number of benzene rings is 2. The summed E-state index contributed by atoms with van der Waals surface area (Å²) in [6, 6.07) is 14.7. The number of alkyl halides is 3. The predicted octanol–water partition coefficient (Wildman–Crippen LogP) is 4.56. The first-order chi connectivity index (χ1) is 13.0. The third-order valence-corrected chi connectivity index (χ3v) is 4.93. The lowest BCUT2D eigenvalue weighted by molar-refractivity contribution is -0.137. The number of hydrogen-bond donors (Lipinski definition) is 1. The van der Waals surface area contributed by atoms with E-state index in [0.717, 1.165) is 43.5 Å². The highest BCUT2D eigenvalue weighted by molar-refractivity contribution is 5.50. The molecule has 0 amide bonds. The van der Waals surface area contributed by atoms with Gasteiger partial charge in [0.2, 0.25) is 0 Å². The van der Waals surface area contributed by atoms with Crippen LogP contribution in [0, 0.1) is 0 Å². The molecule has 1 saturated carbocycles. The van der Waals surface area contributed by atoms with Crippen LogP contribution in [0.1, 0.15) is 37.1 Å². The zero-order valence-electron chi connectivity index (χ0n) is 14.4. The summed E-state index contributed by atoms with van der Waals surface area (Å²) in [6.45, 7) is 0. The predicted molar refractivity (Wildman–Crippen MR) is 94.4 cm³/mol. The standard InChI is InChI=1S/C19H18F3N5/c20-19(21,22)14-7-6-8-15(13-14)23-18(11-4-5-12-18)17-24-25-26-27(17)16-9-2-1-3-10-16/h1-3,6-10,13,23H,4-5,11-12H2. The van der Waals surface area contributed by atoms with Gasteiger partial charge in [-0.1, -0.05) is 37.1 Å². The van der Waals surface area contributed by atoms with Crippen LogP contribution in [0.3, 0.4) is 0 Å². The normalized spacial score (nSPS) is 16.4. The highest BCUT2D eigenvalue weighted by atomic mass is 19.4. The second-order valence-corrected chi connectivity index (χ2v) is 6.74. The molecule has 0 aliphatic heterocycles. The van der Waals surface area contributed by atoms with Crippen molar-refractivity contribution in [3.8, 4) is 5.69 Å². The fourth-order valence-corrected chi connectivity index (χ4v) is 3.66. The molecule has 3 aromatic rings. The quantitative estimate of drug-likeness (QED) is 0.728. The number of tetrazole rings is 1. The molecule has 0 spiro atoms. The summed E-state index contributed by atoms with van der Waals surface area (Å²) in [4.78, 5) is 0. The van der Waals surface area contributed by atoms with Gasteiger partial charge in [0.05, 0.1) is 16.8 Å². The number of hydrogen-bond acceptors (Lipinski definition) is 4. The van der Waals surface area contributed by atoms with Crippen LogP contribution < -0.4 is 5.32 Å². The van der Waals surface area contributed by atoms with Crippen molar-refractivity contribution < 1.29 is 13.2 Å². The molecule has 5 nitrogen and oxygen atoms in total. The summed E-state index contributed by atoms with van der Waals surface area (Å²) in [7, 11) is 0. The molecule has 0 radical (unpaired) electrons. The number of aromatic nitrogens is 4. The summed E-state index contributed by atoms with van der Waals surface area (Å²) in [6.07, 6.45) is -0.986. The molecule has 2 aromatic carbocycles. The molecular formula is C19H18F3N5. The second kappa shape index (κ2) is 6.68. The van der Waals surface area contributed by atoms with E-state index in [4.69, 9.17) is 0 Å². The molecule has 1 aliphatic carbocycles. The van der Waals surface area contributed by atoms with Gasteiger partial charge in [-0.15, -0.1) is 5.10 Å². The zero-order valence-corrected chi connectivity index (χ0v) is 14.4. The maximum Gasteiger partial charge on any atom is 0.416 e. The first-order valence-corrected chi connectivity index (χ1v) is 8.78. The number of nitrogens with one attached hydrogen (secondary N) is 1. The molecule has 4 rings (SSSR count). The van der Waals surface area contributed by atoms with Crippen molar-refractivity contribution in [3.05, 3.63) is 66.0 Å². The Labute approximate surface area is 154 Å². The molecule has 0 unspecified atom stereocenters. The van der Waals surface area contributed by atoms with E-state index in [2.05, 4.69) is 20.8 Å². The molecule has 27 heavy (non-hydrogen) atoms. The third kappa shape index (κ3) is 3.39. The van der Waals surface area contributed by atoms with Crippen LogP contribution in [0.5, 0.6) is 0 Å². The van der Waals surface area contributed by atoms with Crippen molar-refractivity contribution in [1.82, 2.24) is 20.2 Å². The Morgan fingerprint density at radius 1 is 0.963 bits per heavy atom. The van der Waals surface area contributed by atoms with E-state index >= 15 is 0 Å². The van der Waals surface area contributed by atoms with Crippen molar-refractivity contribution in [1.29, 1.82) is 0 Å². The molecule has 1 aromatic heterocycles. The van der Waals surface area contributed by atoms with E-state index in [9.17, 15) is 13.2 Å². The fourth-order valence-electron chi connectivity index (χ4n) is 3.66. The van der Waals surface area contributed by atoms with Gasteiger partial charge in [-0.25, -0.2) is 0 Å². The van der Waals surface area contributed by atoms with Crippen LogP contribution in [-0.4, -0.2) is 20.2 Å². The number of halogens is 3. The summed E-state index contributed by atoms with van der Waals surface area (Å²) < 4.78 is 40.9. The van der Waals surface area contributed by atoms with Gasteiger partial charge in [-0.3, -0.25) is 0 Å². The number of nitrogens with zero attached hydrogens (tertiary/aromatic N) is 4. The van der Waals surface area contributed by atoms with E-state index in [1.165, 1.54) is 6.07 Å². The Kier molecular flexibility index (Phi) is 4.33. The lowest BCUT2D eigenvalue weighted by Gasteiger charge is -2.30. The third-order valence-electron chi connectivity index (χ3n) is 4.93. The minimum Gasteiger partial charge on any atom is -0.373 e. The summed E-state index contributed by atoms with van der Waals surface area (Å²) in [5, 5.41) is 15.5. The van der Waals surface area contributed by atoms with Gasteiger partial charge in [-0.2, -0.15) is 17.9 Å². The summed E-state index contributed by atoms with van der Waals surface area (Å²) in [5.41, 5.74) is -0.0592. The van der Waals surface area contributed by atoms with Crippen LogP contribution in [0.2, 0.25) is 0 Å². The highest BCUT2D eigenvalue weighted by Crippen LogP contribution is 2.41. The molecule has 0 bridgehead atoms. The molecule has 140 valence electrons. The molecule has 0 atom stereocenters. The van der Waals surface area contributed by atoms with E-state index in [1.54, 1.807) is 10.7 Å². The van der Waals surface area contributed by atoms with Gasteiger partial charge in [0.15, 0.2) is 5.82 Å². The first kappa shape index (κ1) is 17.5. The molecule has 8 heteroatoms. The van der Waals surface area contributed by atoms with Gasteiger partial charge < -0.3 is 5.32 Å². The molecule has 1 heterocycles. The lowest BCUT2D eigenvalue weighted by Crippen LogP contribution is -2.35. The van der Waals surface area contributed by atoms with Crippen LogP contribution in [0.25, 0.3) is 5.69 Å². The van der Waals surface area contributed by atoms with Crippen molar-refractivity contribution in [2.45, 2.75) is 37.4 Å². The Morgan fingerprint density at radius 3 is 2.41 bits per heavy atom. The fraction of sp³-hybridized carbons (Fsp3) is 0.316. The Hall–Kier alpha value is -2.90. The molecule has 1 fully saturated rings. The average molecular weight is 373 g/mol. The van der Waals surface area contributed by atoms with Gasteiger partial charge in [0.1, 0.15) is 0 Å². The molecular weight excluding hydrogens is 355 g/mol. The van der Waals surface area contributed by atoms with E-state index in [-0.39, 0.29) is 0 Å².